The molecule has 6 heteroatoms. The lowest BCUT2D eigenvalue weighted by atomic mass is 9.49. The summed E-state index contributed by atoms with van der Waals surface area (Å²) in [7, 11) is -2.86. The highest BCUT2D eigenvalue weighted by molar-refractivity contribution is 6.58. The fraction of sp³-hybridized carbons (Fsp3) is 0.478. The molecule has 2 saturated carbocycles. The third-order valence-corrected chi connectivity index (χ3v) is 7.62. The Morgan fingerprint density at radius 1 is 0.828 bits per heavy atom. The first kappa shape index (κ1) is 20.7. The maximum Gasteiger partial charge on any atom is 0.488 e. The molecule has 4 rings (SSSR count). The van der Waals surface area contributed by atoms with Gasteiger partial charge in [0.2, 0.25) is 0 Å². The Morgan fingerprint density at radius 2 is 1.38 bits per heavy atom. The number of fused-ring (bicyclic) bond motifs is 2. The summed E-state index contributed by atoms with van der Waals surface area (Å²) < 4.78 is 0. The van der Waals surface area contributed by atoms with Gasteiger partial charge in [-0.05, 0) is 70.9 Å². The summed E-state index contributed by atoms with van der Waals surface area (Å²) in [4.78, 5) is 0. The van der Waals surface area contributed by atoms with Gasteiger partial charge in [-0.15, -0.1) is 0 Å². The average molecular weight is 392 g/mol. The maximum atomic E-state index is 9.45. The molecule has 0 aromatic heterocycles. The lowest BCUT2D eigenvalue weighted by Gasteiger charge is -2.54. The first-order chi connectivity index (χ1) is 13.9. The molecule has 2 aromatic rings. The standard InChI is InChI=1S/C23H30B2O4/c1-2-22(18-5-9-20(10-6-18)24(26)27)14-17-4-3-13-23(15-17,16-22)19-7-11-21(12-8-19)25(28)29/h5-12,17,26-29H,2-4,13-16H2,1H3. The first-order valence-electron chi connectivity index (χ1n) is 10.8. The van der Waals surface area contributed by atoms with Gasteiger partial charge in [-0.2, -0.15) is 0 Å². The molecule has 3 atom stereocenters. The van der Waals surface area contributed by atoms with Crippen LogP contribution in [0.1, 0.15) is 63.0 Å². The zero-order valence-corrected chi connectivity index (χ0v) is 17.1. The molecule has 2 aliphatic carbocycles. The normalized spacial score (nSPS) is 28.8. The fourth-order valence-electron chi connectivity index (χ4n) is 6.17. The van der Waals surface area contributed by atoms with E-state index in [2.05, 4.69) is 31.2 Å². The maximum absolute atomic E-state index is 9.45. The van der Waals surface area contributed by atoms with Crippen molar-refractivity contribution in [1.29, 1.82) is 0 Å². The minimum absolute atomic E-state index is 0.0808. The first-order valence-corrected chi connectivity index (χ1v) is 10.8. The number of hydrogen-bond donors (Lipinski definition) is 4. The smallest absolute Gasteiger partial charge is 0.423 e. The van der Waals surface area contributed by atoms with Crippen LogP contribution in [0.4, 0.5) is 0 Å². The summed E-state index contributed by atoms with van der Waals surface area (Å²) in [5.41, 5.74) is 3.87. The summed E-state index contributed by atoms with van der Waals surface area (Å²) in [6.45, 7) is 2.27. The molecule has 0 radical (unpaired) electrons. The third-order valence-electron chi connectivity index (χ3n) is 7.62. The molecule has 3 unspecified atom stereocenters. The summed E-state index contributed by atoms with van der Waals surface area (Å²) in [6, 6.07) is 15.7. The van der Waals surface area contributed by atoms with Crippen LogP contribution in [0.2, 0.25) is 0 Å². The molecule has 0 spiro atoms. The predicted octanol–water partition coefficient (Wildman–Crippen LogP) is 1.62. The molecule has 152 valence electrons. The third kappa shape index (κ3) is 3.79. The van der Waals surface area contributed by atoms with Crippen molar-refractivity contribution < 1.29 is 20.1 Å². The lowest BCUT2D eigenvalue weighted by Crippen LogP contribution is -2.48. The zero-order chi connectivity index (χ0) is 20.6. The molecule has 4 N–H and O–H groups in total. The molecule has 29 heavy (non-hydrogen) atoms. The molecule has 2 aromatic carbocycles. The van der Waals surface area contributed by atoms with E-state index in [4.69, 9.17) is 0 Å². The van der Waals surface area contributed by atoms with Gasteiger partial charge in [0.15, 0.2) is 0 Å². The van der Waals surface area contributed by atoms with Crippen molar-refractivity contribution >= 4 is 25.2 Å². The molecular weight excluding hydrogens is 362 g/mol. The summed E-state index contributed by atoms with van der Waals surface area (Å²) in [5, 5.41) is 37.8. The Hall–Kier alpha value is -1.59. The van der Waals surface area contributed by atoms with Crippen LogP contribution in [-0.4, -0.2) is 34.3 Å². The van der Waals surface area contributed by atoms with E-state index in [-0.39, 0.29) is 10.8 Å². The zero-order valence-electron chi connectivity index (χ0n) is 17.1. The van der Waals surface area contributed by atoms with Crippen LogP contribution in [0, 0.1) is 5.92 Å². The summed E-state index contributed by atoms with van der Waals surface area (Å²) in [6.07, 6.45) is 8.19. The van der Waals surface area contributed by atoms with Crippen molar-refractivity contribution in [2.24, 2.45) is 5.92 Å². The highest BCUT2D eigenvalue weighted by Gasteiger charge is 2.50. The second kappa shape index (κ2) is 7.92. The minimum atomic E-state index is -1.43. The number of benzene rings is 2. The van der Waals surface area contributed by atoms with Gasteiger partial charge in [0.1, 0.15) is 0 Å². The van der Waals surface area contributed by atoms with Crippen LogP contribution in [0.25, 0.3) is 0 Å². The van der Waals surface area contributed by atoms with Crippen LogP contribution in [0.5, 0.6) is 0 Å². The largest absolute Gasteiger partial charge is 0.488 e. The molecule has 0 saturated heterocycles. The lowest BCUT2D eigenvalue weighted by molar-refractivity contribution is 0.0757. The van der Waals surface area contributed by atoms with E-state index < -0.39 is 14.2 Å². The van der Waals surface area contributed by atoms with Gasteiger partial charge in [-0.25, -0.2) is 0 Å². The Balaban J connectivity index is 1.72. The molecule has 2 fully saturated rings. The highest BCUT2D eigenvalue weighted by Crippen LogP contribution is 2.58. The molecule has 0 heterocycles. The summed E-state index contributed by atoms with van der Waals surface area (Å²) >= 11 is 0. The molecular formula is C23H30B2O4. The Bertz CT molecular complexity index is 785. The van der Waals surface area contributed by atoms with Gasteiger partial charge in [-0.3, -0.25) is 0 Å². The van der Waals surface area contributed by atoms with E-state index in [1.54, 1.807) is 0 Å². The van der Waals surface area contributed by atoms with E-state index in [0.717, 1.165) is 12.8 Å². The van der Waals surface area contributed by atoms with Crippen LogP contribution < -0.4 is 10.9 Å². The molecule has 2 aliphatic rings. The van der Waals surface area contributed by atoms with Gasteiger partial charge in [0.25, 0.3) is 0 Å². The van der Waals surface area contributed by atoms with Crippen molar-refractivity contribution in [1.82, 2.24) is 0 Å². The second-order valence-electron chi connectivity index (χ2n) is 9.25. The SMILES string of the molecule is CCC1(c2ccc(B(O)O)cc2)CC2CCCC(c3ccc(B(O)O)cc3)(C2)C1. The Kier molecular flexibility index (Phi) is 5.64. The van der Waals surface area contributed by atoms with Gasteiger partial charge < -0.3 is 20.1 Å². The van der Waals surface area contributed by atoms with Gasteiger partial charge in [0.05, 0.1) is 0 Å². The number of rotatable bonds is 5. The van der Waals surface area contributed by atoms with Crippen LogP contribution in [0.15, 0.2) is 48.5 Å². The van der Waals surface area contributed by atoms with Crippen LogP contribution >= 0.6 is 0 Å². The van der Waals surface area contributed by atoms with Crippen molar-refractivity contribution in [2.45, 2.75) is 62.7 Å². The topological polar surface area (TPSA) is 80.9 Å². The van der Waals surface area contributed by atoms with E-state index in [0.29, 0.717) is 16.8 Å². The second-order valence-corrected chi connectivity index (χ2v) is 9.25. The van der Waals surface area contributed by atoms with Crippen LogP contribution in [-0.2, 0) is 10.8 Å². The Morgan fingerprint density at radius 3 is 1.90 bits per heavy atom. The van der Waals surface area contributed by atoms with E-state index in [1.165, 1.54) is 43.2 Å². The van der Waals surface area contributed by atoms with Gasteiger partial charge in [0, 0.05) is 0 Å². The van der Waals surface area contributed by atoms with Crippen LogP contribution in [0.3, 0.4) is 0 Å². The summed E-state index contributed by atoms with van der Waals surface area (Å²) in [5.74, 6) is 0.684. The molecule has 0 amide bonds. The fourth-order valence-corrected chi connectivity index (χ4v) is 6.17. The molecule has 4 nitrogen and oxygen atoms in total. The van der Waals surface area contributed by atoms with Crippen molar-refractivity contribution in [2.75, 3.05) is 0 Å². The quantitative estimate of drug-likeness (QED) is 0.584. The predicted molar refractivity (Wildman–Crippen MR) is 117 cm³/mol. The minimum Gasteiger partial charge on any atom is -0.423 e. The van der Waals surface area contributed by atoms with Crippen molar-refractivity contribution in [3.05, 3.63) is 59.7 Å². The van der Waals surface area contributed by atoms with E-state index >= 15 is 0 Å². The van der Waals surface area contributed by atoms with E-state index in [9.17, 15) is 20.1 Å². The average Bonchev–Trinajstić information content (AvgIpc) is 2.73. The molecule has 0 aliphatic heterocycles. The highest BCUT2D eigenvalue weighted by atomic mass is 16.4. The Labute approximate surface area is 173 Å². The van der Waals surface area contributed by atoms with Gasteiger partial charge >= 0.3 is 14.2 Å². The van der Waals surface area contributed by atoms with Crippen molar-refractivity contribution in [3.63, 3.8) is 0 Å². The van der Waals surface area contributed by atoms with Gasteiger partial charge in [-0.1, -0.05) is 68.3 Å². The van der Waals surface area contributed by atoms with Crippen molar-refractivity contribution in [3.8, 4) is 0 Å². The molecule has 2 bridgehead atoms. The number of hydrogen-bond acceptors (Lipinski definition) is 4. The monoisotopic (exact) mass is 392 g/mol. The van der Waals surface area contributed by atoms with E-state index in [1.807, 2.05) is 24.3 Å².